The van der Waals surface area contributed by atoms with Gasteiger partial charge in [0.2, 0.25) is 5.95 Å². The zero-order chi connectivity index (χ0) is 23.0. The molecule has 4 aromatic rings. The summed E-state index contributed by atoms with van der Waals surface area (Å²) in [5.41, 5.74) is 2.43. The number of halogens is 4. The molecule has 0 amide bonds. The van der Waals surface area contributed by atoms with Crippen LogP contribution in [0.15, 0.2) is 59.4 Å². The number of anilines is 1. The molecule has 0 saturated heterocycles. The molecule has 2 heterocycles. The first-order valence-corrected chi connectivity index (χ1v) is 9.71. The molecule has 0 unspecified atom stereocenters. The van der Waals surface area contributed by atoms with E-state index in [1.54, 1.807) is 19.1 Å². The van der Waals surface area contributed by atoms with Crippen LogP contribution in [0.25, 0.3) is 28.0 Å². The minimum atomic E-state index is -4.49. The van der Waals surface area contributed by atoms with E-state index in [0.717, 1.165) is 5.56 Å². The van der Waals surface area contributed by atoms with Crippen molar-refractivity contribution in [3.05, 3.63) is 81.9 Å². The molecular weight excluding hydrogens is 424 g/mol. The summed E-state index contributed by atoms with van der Waals surface area (Å²) in [6.45, 7) is 2.14. The van der Waals surface area contributed by atoms with Crippen molar-refractivity contribution < 1.29 is 17.6 Å². The van der Waals surface area contributed by atoms with E-state index < -0.39 is 24.1 Å². The van der Waals surface area contributed by atoms with Gasteiger partial charge in [0.25, 0.3) is 5.56 Å². The highest BCUT2D eigenvalue weighted by Crippen LogP contribution is 2.31. The number of alkyl halides is 3. The quantitative estimate of drug-likeness (QED) is 0.443. The van der Waals surface area contributed by atoms with Crippen molar-refractivity contribution in [2.24, 2.45) is 0 Å². The molecule has 0 aliphatic rings. The Hall–Kier alpha value is -3.75. The Labute approximate surface area is 180 Å². The molecule has 32 heavy (non-hydrogen) atoms. The fraction of sp³-hybridized carbons (Fsp3) is 0.174. The van der Waals surface area contributed by atoms with Gasteiger partial charge >= 0.3 is 6.18 Å². The first-order chi connectivity index (χ1) is 15.1. The molecule has 0 spiro atoms. The van der Waals surface area contributed by atoms with E-state index >= 15 is 0 Å². The van der Waals surface area contributed by atoms with E-state index in [4.69, 9.17) is 0 Å². The van der Waals surface area contributed by atoms with Crippen LogP contribution >= 0.6 is 0 Å². The maximum Gasteiger partial charge on any atom is 0.405 e. The maximum atomic E-state index is 13.7. The highest BCUT2D eigenvalue weighted by atomic mass is 19.4. The number of aryl methyl sites for hydroxylation is 2. The number of benzene rings is 2. The zero-order valence-corrected chi connectivity index (χ0v) is 17.2. The monoisotopic (exact) mass is 442 g/mol. The predicted molar refractivity (Wildman–Crippen MR) is 115 cm³/mol. The van der Waals surface area contributed by atoms with Crippen molar-refractivity contribution in [3.8, 4) is 16.9 Å². The van der Waals surface area contributed by atoms with E-state index in [1.165, 1.54) is 34.9 Å². The van der Waals surface area contributed by atoms with Gasteiger partial charge in [0.1, 0.15) is 12.4 Å². The van der Waals surface area contributed by atoms with Crippen LogP contribution < -0.4 is 10.9 Å². The maximum absolute atomic E-state index is 13.7. The zero-order valence-electron chi connectivity index (χ0n) is 17.2. The van der Waals surface area contributed by atoms with Gasteiger partial charge in [-0.3, -0.25) is 9.36 Å². The third-order valence-electron chi connectivity index (χ3n) is 5.00. The molecule has 4 rings (SSSR count). The summed E-state index contributed by atoms with van der Waals surface area (Å²) in [7, 11) is 0. The molecule has 0 atom stereocenters. The SMILES string of the molecule is Cc1cc(F)ccc1-c1nc(NCC(F)(F)F)nc2c1ccc(=O)n2-c1ccccc1C. The van der Waals surface area contributed by atoms with E-state index in [-0.39, 0.29) is 11.6 Å². The lowest BCUT2D eigenvalue weighted by molar-refractivity contribution is -0.115. The number of para-hydroxylation sites is 1. The summed E-state index contributed by atoms with van der Waals surface area (Å²) in [5, 5.41) is 2.64. The Morgan fingerprint density at radius 2 is 1.72 bits per heavy atom. The third-order valence-corrected chi connectivity index (χ3v) is 5.00. The van der Waals surface area contributed by atoms with Crippen molar-refractivity contribution in [1.29, 1.82) is 0 Å². The Balaban J connectivity index is 2.05. The Morgan fingerprint density at radius 3 is 2.41 bits per heavy atom. The number of hydrogen-bond donors (Lipinski definition) is 1. The molecule has 5 nitrogen and oxygen atoms in total. The van der Waals surface area contributed by atoms with Gasteiger partial charge in [-0.05, 0) is 55.3 Å². The van der Waals surface area contributed by atoms with Crippen LogP contribution in [-0.4, -0.2) is 27.3 Å². The van der Waals surface area contributed by atoms with E-state index in [9.17, 15) is 22.4 Å². The average molecular weight is 442 g/mol. The summed E-state index contributed by atoms with van der Waals surface area (Å²) in [5.74, 6) is -0.738. The van der Waals surface area contributed by atoms with Crippen molar-refractivity contribution in [3.63, 3.8) is 0 Å². The lowest BCUT2D eigenvalue weighted by Crippen LogP contribution is -2.24. The molecular formula is C23H18F4N4O. The fourth-order valence-electron chi connectivity index (χ4n) is 3.52. The minimum absolute atomic E-state index is 0.144. The molecule has 164 valence electrons. The van der Waals surface area contributed by atoms with Gasteiger partial charge in [-0.15, -0.1) is 0 Å². The first kappa shape index (κ1) is 21.5. The summed E-state index contributed by atoms with van der Waals surface area (Å²) in [6, 6.07) is 14.0. The summed E-state index contributed by atoms with van der Waals surface area (Å²) < 4.78 is 53.5. The van der Waals surface area contributed by atoms with Gasteiger partial charge in [-0.2, -0.15) is 18.2 Å². The molecule has 9 heteroatoms. The van der Waals surface area contributed by atoms with Crippen molar-refractivity contribution in [2.75, 3.05) is 11.9 Å². The standard InChI is InChI=1S/C23H18F4N4O/c1-13-5-3-4-6-18(13)31-19(32)10-9-17-20(16-8-7-15(24)11-14(16)2)29-22(30-21(17)31)28-12-23(25,26)27/h3-11H,12H2,1-2H3,(H,28,29,30). The van der Waals surface area contributed by atoms with Gasteiger partial charge in [-0.1, -0.05) is 18.2 Å². The van der Waals surface area contributed by atoms with Crippen LogP contribution in [0.2, 0.25) is 0 Å². The lowest BCUT2D eigenvalue weighted by Gasteiger charge is -2.16. The van der Waals surface area contributed by atoms with Gasteiger partial charge in [0.05, 0.1) is 11.4 Å². The largest absolute Gasteiger partial charge is 0.405 e. The Morgan fingerprint density at radius 1 is 0.969 bits per heavy atom. The van der Waals surface area contributed by atoms with E-state index in [2.05, 4.69) is 15.3 Å². The fourth-order valence-corrected chi connectivity index (χ4v) is 3.52. The van der Waals surface area contributed by atoms with Crippen LogP contribution in [0.5, 0.6) is 0 Å². The second-order valence-corrected chi connectivity index (χ2v) is 7.35. The number of nitrogens with zero attached hydrogens (tertiary/aromatic N) is 3. The second kappa shape index (κ2) is 8.07. The van der Waals surface area contributed by atoms with Crippen molar-refractivity contribution in [2.45, 2.75) is 20.0 Å². The average Bonchev–Trinajstić information content (AvgIpc) is 2.72. The molecule has 1 N–H and O–H groups in total. The smallest absolute Gasteiger partial charge is 0.345 e. The third kappa shape index (κ3) is 4.18. The highest BCUT2D eigenvalue weighted by Gasteiger charge is 2.27. The van der Waals surface area contributed by atoms with Gasteiger partial charge in [0.15, 0.2) is 5.65 Å². The van der Waals surface area contributed by atoms with Gasteiger partial charge in [-0.25, -0.2) is 9.37 Å². The number of hydrogen-bond acceptors (Lipinski definition) is 4. The van der Waals surface area contributed by atoms with Crippen LogP contribution in [0.1, 0.15) is 11.1 Å². The molecule has 0 radical (unpaired) electrons. The number of nitrogens with one attached hydrogen (secondary N) is 1. The molecule has 2 aromatic heterocycles. The van der Waals surface area contributed by atoms with Crippen LogP contribution in [0.4, 0.5) is 23.5 Å². The number of aromatic nitrogens is 3. The molecule has 2 aromatic carbocycles. The second-order valence-electron chi connectivity index (χ2n) is 7.35. The Bertz CT molecular complexity index is 1380. The first-order valence-electron chi connectivity index (χ1n) is 9.71. The highest BCUT2D eigenvalue weighted by molar-refractivity contribution is 5.93. The molecule has 0 aliphatic heterocycles. The van der Waals surface area contributed by atoms with Crippen molar-refractivity contribution >= 4 is 17.0 Å². The summed E-state index contributed by atoms with van der Waals surface area (Å²) in [4.78, 5) is 21.4. The van der Waals surface area contributed by atoms with Crippen molar-refractivity contribution in [1.82, 2.24) is 14.5 Å². The summed E-state index contributed by atoms with van der Waals surface area (Å²) >= 11 is 0. The lowest BCUT2D eigenvalue weighted by atomic mass is 10.0. The predicted octanol–water partition coefficient (Wildman–Crippen LogP) is 5.18. The molecule has 0 bridgehead atoms. The number of rotatable bonds is 4. The number of fused-ring (bicyclic) bond motifs is 1. The normalized spacial score (nSPS) is 11.7. The molecule has 0 saturated carbocycles. The van der Waals surface area contributed by atoms with Crippen LogP contribution in [-0.2, 0) is 0 Å². The number of pyridine rings is 1. The van der Waals surface area contributed by atoms with E-state index in [0.29, 0.717) is 27.9 Å². The summed E-state index contributed by atoms with van der Waals surface area (Å²) in [6.07, 6.45) is -4.49. The molecule has 0 aliphatic carbocycles. The topological polar surface area (TPSA) is 59.8 Å². The Kier molecular flexibility index (Phi) is 5.41. The van der Waals surface area contributed by atoms with Crippen LogP contribution in [0.3, 0.4) is 0 Å². The molecule has 0 fully saturated rings. The van der Waals surface area contributed by atoms with E-state index in [1.807, 2.05) is 19.1 Å². The van der Waals surface area contributed by atoms with Gasteiger partial charge < -0.3 is 5.32 Å². The van der Waals surface area contributed by atoms with Crippen LogP contribution in [0, 0.1) is 19.7 Å². The van der Waals surface area contributed by atoms with Gasteiger partial charge in [0, 0.05) is 17.0 Å². The minimum Gasteiger partial charge on any atom is -0.345 e.